The van der Waals surface area contributed by atoms with Crippen LogP contribution < -0.4 is 16.2 Å². The van der Waals surface area contributed by atoms with E-state index in [0.29, 0.717) is 22.4 Å². The molecular weight excluding hydrogens is 366 g/mol. The number of carbonyl (C=O) groups is 1. The van der Waals surface area contributed by atoms with Crippen molar-refractivity contribution in [3.8, 4) is 0 Å². The number of aromatic amines is 1. The van der Waals surface area contributed by atoms with Gasteiger partial charge < -0.3 is 15.6 Å². The van der Waals surface area contributed by atoms with Gasteiger partial charge in [-0.2, -0.15) is 4.98 Å². The van der Waals surface area contributed by atoms with Crippen molar-refractivity contribution in [2.45, 2.75) is 25.8 Å². The summed E-state index contributed by atoms with van der Waals surface area (Å²) in [4.78, 5) is 35.6. The molecule has 0 radical (unpaired) electrons. The maximum atomic E-state index is 12.4. The minimum absolute atomic E-state index is 0.0180. The van der Waals surface area contributed by atoms with Gasteiger partial charge in [-0.3, -0.25) is 9.59 Å². The van der Waals surface area contributed by atoms with E-state index in [4.69, 9.17) is 11.6 Å². The highest BCUT2D eigenvalue weighted by Crippen LogP contribution is 2.30. The predicted octanol–water partition coefficient (Wildman–Crippen LogP) is 3.49. The zero-order chi connectivity index (χ0) is 19.0. The Morgan fingerprint density at radius 2 is 2.11 bits per heavy atom. The number of halogens is 1. The van der Waals surface area contributed by atoms with Crippen molar-refractivity contribution in [1.82, 2.24) is 15.0 Å². The van der Waals surface area contributed by atoms with Crippen LogP contribution in [-0.4, -0.2) is 20.9 Å². The molecular formula is C19H18ClN5O2. The highest BCUT2D eigenvalue weighted by Gasteiger charge is 2.29. The van der Waals surface area contributed by atoms with Crippen LogP contribution in [0.2, 0.25) is 5.02 Å². The van der Waals surface area contributed by atoms with E-state index in [1.54, 1.807) is 36.5 Å². The third-order valence-corrected chi connectivity index (χ3v) is 4.74. The van der Waals surface area contributed by atoms with Crippen LogP contribution in [0.15, 0.2) is 41.3 Å². The van der Waals surface area contributed by atoms with Crippen molar-refractivity contribution < 1.29 is 4.79 Å². The lowest BCUT2D eigenvalue weighted by Gasteiger charge is -2.15. The molecule has 1 saturated carbocycles. The Bertz CT molecular complexity index is 1080. The lowest BCUT2D eigenvalue weighted by molar-refractivity contribution is -0.117. The van der Waals surface area contributed by atoms with Crippen LogP contribution in [0, 0.1) is 5.92 Å². The summed E-state index contributed by atoms with van der Waals surface area (Å²) < 4.78 is 0. The van der Waals surface area contributed by atoms with E-state index in [1.807, 2.05) is 6.92 Å². The molecule has 0 aliphatic heterocycles. The van der Waals surface area contributed by atoms with Gasteiger partial charge in [0.1, 0.15) is 5.82 Å². The highest BCUT2D eigenvalue weighted by atomic mass is 35.5. The first-order valence-corrected chi connectivity index (χ1v) is 9.10. The molecule has 2 aromatic heterocycles. The first-order chi connectivity index (χ1) is 13.0. The number of hydrogen-bond acceptors (Lipinski definition) is 5. The van der Waals surface area contributed by atoms with Gasteiger partial charge in [0.05, 0.1) is 6.04 Å². The van der Waals surface area contributed by atoms with Crippen molar-refractivity contribution >= 4 is 40.2 Å². The van der Waals surface area contributed by atoms with Crippen LogP contribution in [0.25, 0.3) is 10.9 Å². The minimum Gasteiger partial charge on any atom is -0.347 e. The van der Waals surface area contributed by atoms with Gasteiger partial charge in [-0.25, -0.2) is 4.98 Å². The molecule has 1 aliphatic rings. The lowest BCUT2D eigenvalue weighted by Crippen LogP contribution is -2.20. The average molecular weight is 384 g/mol. The van der Waals surface area contributed by atoms with E-state index in [-0.39, 0.29) is 23.4 Å². The number of carbonyl (C=O) groups excluding carboxylic acids is 1. The predicted molar refractivity (Wildman–Crippen MR) is 105 cm³/mol. The topological polar surface area (TPSA) is 99.8 Å². The standard InChI is InChI=1S/C19H18ClN5O2/c1-10(14-9-12-8-13(20)4-5-15(12)23-18(14)27)22-19-21-7-6-16(25-19)24-17(26)11-2-3-11/h4-11H,2-3H2,1H3,(H,23,27)(H2,21,22,24,25,26)/t10-/m0/s1. The summed E-state index contributed by atoms with van der Waals surface area (Å²) in [5.41, 5.74) is 1.07. The van der Waals surface area contributed by atoms with Crippen LogP contribution in [-0.2, 0) is 4.79 Å². The molecule has 4 rings (SSSR count). The van der Waals surface area contributed by atoms with Gasteiger partial charge in [0.25, 0.3) is 5.56 Å². The number of pyridine rings is 1. The van der Waals surface area contributed by atoms with E-state index in [2.05, 4.69) is 25.6 Å². The number of nitrogens with zero attached hydrogens (tertiary/aromatic N) is 2. The summed E-state index contributed by atoms with van der Waals surface area (Å²) in [6.07, 6.45) is 3.41. The number of fused-ring (bicyclic) bond motifs is 1. The number of aromatic nitrogens is 3. The van der Waals surface area contributed by atoms with Crippen LogP contribution in [0.5, 0.6) is 0 Å². The third kappa shape index (κ3) is 3.93. The molecule has 1 aliphatic carbocycles. The molecule has 0 saturated heterocycles. The Hall–Kier alpha value is -2.93. The average Bonchev–Trinajstić information content (AvgIpc) is 3.47. The number of nitrogens with one attached hydrogen (secondary N) is 3. The van der Waals surface area contributed by atoms with Crippen molar-refractivity contribution in [2.75, 3.05) is 10.6 Å². The van der Waals surface area contributed by atoms with Crippen LogP contribution in [0.1, 0.15) is 31.4 Å². The summed E-state index contributed by atoms with van der Waals surface area (Å²) >= 11 is 6.04. The molecule has 1 aromatic carbocycles. The fraction of sp³-hybridized carbons (Fsp3) is 0.263. The van der Waals surface area contributed by atoms with Gasteiger partial charge in [-0.15, -0.1) is 0 Å². The van der Waals surface area contributed by atoms with E-state index in [1.165, 1.54) is 0 Å². The van der Waals surface area contributed by atoms with Gasteiger partial charge in [0, 0.05) is 33.6 Å². The normalized spacial score (nSPS) is 14.7. The molecule has 0 bridgehead atoms. The summed E-state index contributed by atoms with van der Waals surface area (Å²) in [7, 11) is 0. The summed E-state index contributed by atoms with van der Waals surface area (Å²) in [5.74, 6) is 0.853. The van der Waals surface area contributed by atoms with Crippen molar-refractivity contribution in [2.24, 2.45) is 5.92 Å². The van der Waals surface area contributed by atoms with Crippen molar-refractivity contribution in [1.29, 1.82) is 0 Å². The van der Waals surface area contributed by atoms with Gasteiger partial charge in [-0.05, 0) is 50.1 Å². The Labute approximate surface area is 160 Å². The Kier molecular flexibility index (Phi) is 4.53. The molecule has 1 fully saturated rings. The Morgan fingerprint density at radius 3 is 2.89 bits per heavy atom. The molecule has 0 unspecified atom stereocenters. The highest BCUT2D eigenvalue weighted by molar-refractivity contribution is 6.31. The summed E-state index contributed by atoms with van der Waals surface area (Å²) in [6.45, 7) is 1.85. The molecule has 8 heteroatoms. The molecule has 1 atom stereocenters. The minimum atomic E-state index is -0.341. The van der Waals surface area contributed by atoms with Crippen LogP contribution >= 0.6 is 11.6 Å². The van der Waals surface area contributed by atoms with E-state index in [9.17, 15) is 9.59 Å². The molecule has 3 aromatic rings. The van der Waals surface area contributed by atoms with Crippen LogP contribution in [0.4, 0.5) is 11.8 Å². The number of rotatable bonds is 5. The van der Waals surface area contributed by atoms with E-state index in [0.717, 1.165) is 23.7 Å². The smallest absolute Gasteiger partial charge is 0.253 e. The maximum absolute atomic E-state index is 12.4. The lowest BCUT2D eigenvalue weighted by atomic mass is 10.1. The summed E-state index contributed by atoms with van der Waals surface area (Å²) in [6, 6.07) is 8.41. The second-order valence-electron chi connectivity index (χ2n) is 6.68. The number of benzene rings is 1. The molecule has 7 nitrogen and oxygen atoms in total. The van der Waals surface area contributed by atoms with E-state index < -0.39 is 0 Å². The monoisotopic (exact) mass is 383 g/mol. The SMILES string of the molecule is C[C@H](Nc1nccc(NC(=O)C2CC2)n1)c1cc2cc(Cl)ccc2[nH]c1=O. The molecule has 0 spiro atoms. The first-order valence-electron chi connectivity index (χ1n) is 8.72. The second-order valence-corrected chi connectivity index (χ2v) is 7.12. The molecule has 138 valence electrons. The largest absolute Gasteiger partial charge is 0.347 e. The third-order valence-electron chi connectivity index (χ3n) is 4.50. The first kappa shape index (κ1) is 17.5. The van der Waals surface area contributed by atoms with Gasteiger partial charge in [0.15, 0.2) is 0 Å². The Balaban J connectivity index is 1.55. The fourth-order valence-electron chi connectivity index (χ4n) is 2.86. The molecule has 1 amide bonds. The van der Waals surface area contributed by atoms with E-state index >= 15 is 0 Å². The fourth-order valence-corrected chi connectivity index (χ4v) is 3.04. The van der Waals surface area contributed by atoms with Gasteiger partial charge in [0.2, 0.25) is 11.9 Å². The quantitative estimate of drug-likeness (QED) is 0.626. The van der Waals surface area contributed by atoms with Crippen molar-refractivity contribution in [3.63, 3.8) is 0 Å². The van der Waals surface area contributed by atoms with Crippen molar-refractivity contribution in [3.05, 3.63) is 57.5 Å². The Morgan fingerprint density at radius 1 is 1.30 bits per heavy atom. The molecule has 2 heterocycles. The number of H-pyrrole nitrogens is 1. The zero-order valence-electron chi connectivity index (χ0n) is 14.6. The maximum Gasteiger partial charge on any atom is 0.253 e. The molecule has 3 N–H and O–H groups in total. The van der Waals surface area contributed by atoms with Gasteiger partial charge in [-0.1, -0.05) is 11.6 Å². The number of anilines is 2. The number of hydrogen-bond donors (Lipinski definition) is 3. The second kappa shape index (κ2) is 7.00. The summed E-state index contributed by atoms with van der Waals surface area (Å²) in [5, 5.41) is 7.34. The molecule has 27 heavy (non-hydrogen) atoms. The zero-order valence-corrected chi connectivity index (χ0v) is 15.4. The van der Waals surface area contributed by atoms with Crippen LogP contribution in [0.3, 0.4) is 0 Å². The van der Waals surface area contributed by atoms with Gasteiger partial charge >= 0.3 is 0 Å². The number of amides is 1.